The van der Waals surface area contributed by atoms with E-state index in [-0.39, 0.29) is 11.3 Å². The molecular formula is C16H21BrFN5O2S. The van der Waals surface area contributed by atoms with Crippen molar-refractivity contribution in [1.29, 1.82) is 5.41 Å². The Bertz CT molecular complexity index is 739. The third kappa shape index (κ3) is 5.58. The van der Waals surface area contributed by atoms with E-state index in [0.717, 1.165) is 44.0 Å². The highest BCUT2D eigenvalue weighted by molar-refractivity contribution is 9.10. The summed E-state index contributed by atoms with van der Waals surface area (Å²) in [5.74, 6) is 0.555. The molecule has 0 unspecified atom stereocenters. The number of rotatable bonds is 7. The van der Waals surface area contributed by atoms with Crippen molar-refractivity contribution in [2.75, 3.05) is 38.5 Å². The van der Waals surface area contributed by atoms with Crippen LogP contribution in [0.2, 0.25) is 0 Å². The molecule has 4 N–H and O–H groups in total. The van der Waals surface area contributed by atoms with E-state index in [1.54, 1.807) is 23.9 Å². The SMILES string of the molecule is N=C(Cc1ccc(F)c(Br)c1)c1nonc1SCCN1CCNCC1.O. The number of hydrogen-bond donors (Lipinski definition) is 2. The normalized spacial score (nSPS) is 14.8. The Morgan fingerprint density at radius 1 is 1.35 bits per heavy atom. The van der Waals surface area contributed by atoms with Crippen LogP contribution in [-0.4, -0.2) is 64.9 Å². The van der Waals surface area contributed by atoms with Crippen molar-refractivity contribution in [1.82, 2.24) is 20.5 Å². The van der Waals surface area contributed by atoms with Crippen LogP contribution < -0.4 is 5.32 Å². The first-order chi connectivity index (χ1) is 12.1. The van der Waals surface area contributed by atoms with E-state index < -0.39 is 0 Å². The number of nitrogens with one attached hydrogen (secondary N) is 2. The van der Waals surface area contributed by atoms with Gasteiger partial charge >= 0.3 is 0 Å². The number of hydrogen-bond acceptors (Lipinski definition) is 7. The Morgan fingerprint density at radius 3 is 2.85 bits per heavy atom. The lowest BCUT2D eigenvalue weighted by molar-refractivity contribution is 0.255. The van der Waals surface area contributed by atoms with Crippen molar-refractivity contribution in [2.45, 2.75) is 11.4 Å². The molecule has 0 radical (unpaired) electrons. The van der Waals surface area contributed by atoms with Gasteiger partial charge in [0.2, 0.25) is 0 Å². The molecule has 1 fully saturated rings. The van der Waals surface area contributed by atoms with E-state index in [2.05, 4.69) is 36.5 Å². The van der Waals surface area contributed by atoms with Gasteiger partial charge in [-0.2, -0.15) is 0 Å². The minimum atomic E-state index is -0.317. The maximum atomic E-state index is 13.3. The number of halogens is 2. The molecule has 142 valence electrons. The summed E-state index contributed by atoms with van der Waals surface area (Å²) in [5, 5.41) is 20.1. The van der Waals surface area contributed by atoms with Gasteiger partial charge in [0.25, 0.3) is 0 Å². The standard InChI is InChI=1S/C16H19BrFN5OS.H2O/c17-12-9-11(1-2-13(12)18)10-14(19)15-16(22-24-21-15)25-8-7-23-5-3-20-4-6-23;/h1-2,9,19-20H,3-8,10H2;1H2. The summed E-state index contributed by atoms with van der Waals surface area (Å²) >= 11 is 4.72. The predicted molar refractivity (Wildman–Crippen MR) is 103 cm³/mol. The lowest BCUT2D eigenvalue weighted by atomic mass is 10.1. The smallest absolute Gasteiger partial charge is 0.170 e. The van der Waals surface area contributed by atoms with Gasteiger partial charge in [0.05, 0.1) is 10.2 Å². The summed E-state index contributed by atoms with van der Waals surface area (Å²) in [6, 6.07) is 4.73. The Balaban J connectivity index is 0.00000243. The molecule has 2 heterocycles. The maximum Gasteiger partial charge on any atom is 0.170 e. The van der Waals surface area contributed by atoms with Gasteiger partial charge in [-0.25, -0.2) is 9.02 Å². The van der Waals surface area contributed by atoms with Crippen LogP contribution >= 0.6 is 27.7 Å². The minimum absolute atomic E-state index is 0. The first kappa shape index (κ1) is 21.0. The fourth-order valence-corrected chi connectivity index (χ4v) is 3.96. The number of aromatic nitrogens is 2. The van der Waals surface area contributed by atoms with Gasteiger partial charge in [-0.3, -0.25) is 4.90 Å². The summed E-state index contributed by atoms with van der Waals surface area (Å²) in [6.07, 6.45) is 0.346. The lowest BCUT2D eigenvalue weighted by Crippen LogP contribution is -2.44. The van der Waals surface area contributed by atoms with Gasteiger partial charge in [0, 0.05) is 44.9 Å². The van der Waals surface area contributed by atoms with Gasteiger partial charge < -0.3 is 16.2 Å². The topological polar surface area (TPSA) is 110 Å². The Labute approximate surface area is 163 Å². The minimum Gasteiger partial charge on any atom is -0.412 e. The van der Waals surface area contributed by atoms with Crippen LogP contribution in [0.15, 0.2) is 32.3 Å². The highest BCUT2D eigenvalue weighted by Crippen LogP contribution is 2.22. The van der Waals surface area contributed by atoms with Crippen molar-refractivity contribution < 1.29 is 14.5 Å². The van der Waals surface area contributed by atoms with E-state index >= 15 is 0 Å². The highest BCUT2D eigenvalue weighted by Gasteiger charge is 2.17. The van der Waals surface area contributed by atoms with E-state index in [1.165, 1.54) is 6.07 Å². The van der Waals surface area contributed by atoms with Crippen molar-refractivity contribution >= 4 is 33.4 Å². The van der Waals surface area contributed by atoms with E-state index in [4.69, 9.17) is 10.0 Å². The second kappa shape index (κ2) is 10.1. The van der Waals surface area contributed by atoms with Crippen molar-refractivity contribution in [3.8, 4) is 0 Å². The van der Waals surface area contributed by atoms with Crippen LogP contribution in [0.5, 0.6) is 0 Å². The molecule has 1 aliphatic rings. The Hall–Kier alpha value is -1.33. The molecule has 3 rings (SSSR count). The fourth-order valence-electron chi connectivity index (χ4n) is 2.60. The van der Waals surface area contributed by atoms with Gasteiger partial charge in [-0.05, 0) is 43.9 Å². The molecule has 0 spiro atoms. The molecule has 0 bridgehead atoms. The molecule has 1 aromatic carbocycles. The first-order valence-electron chi connectivity index (χ1n) is 8.03. The molecule has 0 atom stereocenters. The zero-order valence-corrected chi connectivity index (χ0v) is 16.5. The van der Waals surface area contributed by atoms with Crippen LogP contribution in [0.3, 0.4) is 0 Å². The summed E-state index contributed by atoms with van der Waals surface area (Å²) in [5.41, 5.74) is 1.60. The summed E-state index contributed by atoms with van der Waals surface area (Å²) in [6.45, 7) is 5.13. The third-order valence-electron chi connectivity index (χ3n) is 3.97. The van der Waals surface area contributed by atoms with Crippen molar-refractivity contribution in [3.05, 3.63) is 39.7 Å². The predicted octanol–water partition coefficient (Wildman–Crippen LogP) is 1.75. The van der Waals surface area contributed by atoms with Crippen molar-refractivity contribution in [3.63, 3.8) is 0 Å². The monoisotopic (exact) mass is 445 g/mol. The molecule has 0 aliphatic carbocycles. The molecule has 7 nitrogen and oxygen atoms in total. The number of nitrogens with zero attached hydrogens (tertiary/aromatic N) is 3. The van der Waals surface area contributed by atoms with Gasteiger partial charge in [0.1, 0.15) is 5.82 Å². The van der Waals surface area contributed by atoms with Crippen LogP contribution in [0.25, 0.3) is 0 Å². The van der Waals surface area contributed by atoms with Crippen LogP contribution in [0.1, 0.15) is 11.3 Å². The molecule has 0 amide bonds. The molecular weight excluding hydrogens is 425 g/mol. The summed E-state index contributed by atoms with van der Waals surface area (Å²) in [4.78, 5) is 2.40. The zero-order valence-electron chi connectivity index (χ0n) is 14.1. The average Bonchev–Trinajstić information content (AvgIpc) is 3.08. The lowest BCUT2D eigenvalue weighted by Gasteiger charge is -2.26. The van der Waals surface area contributed by atoms with Crippen molar-refractivity contribution in [2.24, 2.45) is 0 Å². The second-order valence-electron chi connectivity index (χ2n) is 5.76. The summed E-state index contributed by atoms with van der Waals surface area (Å²) in [7, 11) is 0. The number of piperazine rings is 1. The second-order valence-corrected chi connectivity index (χ2v) is 7.70. The van der Waals surface area contributed by atoms with Crippen LogP contribution in [0, 0.1) is 11.2 Å². The van der Waals surface area contributed by atoms with Gasteiger partial charge in [-0.15, -0.1) is 0 Å². The third-order valence-corrected chi connectivity index (χ3v) is 5.50. The number of thioether (sulfide) groups is 1. The van der Waals surface area contributed by atoms with Gasteiger partial charge in [-0.1, -0.05) is 17.8 Å². The molecule has 1 saturated heterocycles. The van der Waals surface area contributed by atoms with Crippen LogP contribution in [-0.2, 0) is 6.42 Å². The first-order valence-corrected chi connectivity index (χ1v) is 9.81. The largest absolute Gasteiger partial charge is 0.412 e. The van der Waals surface area contributed by atoms with E-state index in [9.17, 15) is 4.39 Å². The highest BCUT2D eigenvalue weighted by atomic mass is 79.9. The quantitative estimate of drug-likeness (QED) is 0.496. The maximum absolute atomic E-state index is 13.3. The molecule has 1 aliphatic heterocycles. The van der Waals surface area contributed by atoms with Gasteiger partial charge in [0.15, 0.2) is 10.7 Å². The molecule has 2 aromatic rings. The zero-order chi connectivity index (χ0) is 17.6. The fraction of sp³-hybridized carbons (Fsp3) is 0.438. The Morgan fingerprint density at radius 2 is 2.12 bits per heavy atom. The molecule has 10 heteroatoms. The van der Waals surface area contributed by atoms with Crippen LogP contribution in [0.4, 0.5) is 4.39 Å². The Kier molecular flexibility index (Phi) is 8.16. The molecule has 0 saturated carbocycles. The number of benzene rings is 1. The van der Waals surface area contributed by atoms with E-state index in [0.29, 0.717) is 27.3 Å². The molecule has 26 heavy (non-hydrogen) atoms. The van der Waals surface area contributed by atoms with E-state index in [1.807, 2.05) is 0 Å². The molecule has 1 aromatic heterocycles. The summed E-state index contributed by atoms with van der Waals surface area (Å²) < 4.78 is 18.5. The average molecular weight is 446 g/mol.